The summed E-state index contributed by atoms with van der Waals surface area (Å²) in [5, 5.41) is 5.93. The molecular weight excluding hydrogens is 471 g/mol. The van der Waals surface area contributed by atoms with Gasteiger partial charge < -0.3 is 9.19 Å². The number of rotatable bonds is 5. The predicted molar refractivity (Wildman–Crippen MR) is 149 cm³/mol. The Morgan fingerprint density at radius 3 is 2.34 bits per heavy atom. The summed E-state index contributed by atoms with van der Waals surface area (Å²) in [5.74, 6) is 3.36. The number of nitrogens with zero attached hydrogens (tertiary/aromatic N) is 4. The van der Waals surface area contributed by atoms with Crippen molar-refractivity contribution in [3.8, 4) is 5.69 Å². The second-order valence-corrected chi connectivity index (χ2v) is 14.1. The number of hydrogen-bond donors (Lipinski definition) is 0. The third-order valence-corrected chi connectivity index (χ3v) is 11.6. The van der Waals surface area contributed by atoms with E-state index in [2.05, 4.69) is 56.8 Å². The van der Waals surface area contributed by atoms with Gasteiger partial charge in [-0.3, -0.25) is 0 Å². The molecule has 1 aromatic heterocycles. The molecule has 4 atom stereocenters. The highest BCUT2D eigenvalue weighted by Gasteiger charge is 2.44. The predicted octanol–water partition coefficient (Wildman–Crippen LogP) is 6.62. The van der Waals surface area contributed by atoms with Gasteiger partial charge in [-0.25, -0.2) is 9.67 Å². The van der Waals surface area contributed by atoms with Crippen LogP contribution in [-0.2, 0) is 16.3 Å². The van der Waals surface area contributed by atoms with Crippen LogP contribution >= 0.6 is 6.42 Å². The molecule has 5 nitrogen and oxygen atoms in total. The van der Waals surface area contributed by atoms with Gasteiger partial charge >= 0.3 is 0 Å². The molecule has 0 N–H and O–H groups in total. The monoisotopic (exact) mass is 506 g/mol. The topological polar surface area (TPSA) is 42.6 Å². The Morgan fingerprint density at radius 1 is 1.03 bits per heavy atom. The highest BCUT2D eigenvalue weighted by atomic mass is 32.4. The van der Waals surface area contributed by atoms with Crippen molar-refractivity contribution in [1.82, 2.24) is 14.5 Å². The molecule has 0 bridgehead atoms. The number of aliphatic imine (C=N–C) groups is 1. The SMILES string of the molecule is Cc1nn(-c2ccccc2)c2c1P(=S)(OC1CC(C)CCC1C(C)C)N(C)C(c1ccccc1)=N2. The number of fused-ring (bicyclic) bond motifs is 1. The third kappa shape index (κ3) is 4.41. The number of benzene rings is 2. The summed E-state index contributed by atoms with van der Waals surface area (Å²) < 4.78 is 11.3. The zero-order chi connectivity index (χ0) is 24.7. The molecule has 35 heavy (non-hydrogen) atoms. The number of amidine groups is 1. The van der Waals surface area contributed by atoms with Crippen molar-refractivity contribution >= 4 is 35.2 Å². The molecule has 1 fully saturated rings. The van der Waals surface area contributed by atoms with E-state index in [-0.39, 0.29) is 6.10 Å². The molecule has 0 spiro atoms. The van der Waals surface area contributed by atoms with Crippen molar-refractivity contribution < 1.29 is 4.52 Å². The first-order valence-corrected chi connectivity index (χ1v) is 15.3. The van der Waals surface area contributed by atoms with Gasteiger partial charge in [0.1, 0.15) is 5.84 Å². The minimum Gasteiger partial charge on any atom is -0.327 e. The lowest BCUT2D eigenvalue weighted by atomic mass is 9.75. The Kier molecular flexibility index (Phi) is 6.73. The molecule has 3 aromatic rings. The lowest BCUT2D eigenvalue weighted by molar-refractivity contribution is 0.0527. The van der Waals surface area contributed by atoms with E-state index < -0.39 is 6.42 Å². The van der Waals surface area contributed by atoms with Crippen LogP contribution in [-0.4, -0.2) is 33.4 Å². The molecule has 1 aliphatic carbocycles. The second kappa shape index (κ2) is 9.65. The van der Waals surface area contributed by atoms with E-state index in [1.54, 1.807) is 0 Å². The van der Waals surface area contributed by atoms with Gasteiger partial charge in [0.15, 0.2) is 12.2 Å². The quantitative estimate of drug-likeness (QED) is 0.365. The van der Waals surface area contributed by atoms with Gasteiger partial charge in [0.2, 0.25) is 0 Å². The summed E-state index contributed by atoms with van der Waals surface area (Å²) in [5.41, 5.74) is 2.92. The van der Waals surface area contributed by atoms with Crippen molar-refractivity contribution in [2.45, 2.75) is 53.1 Å². The maximum atomic E-state index is 7.20. The maximum absolute atomic E-state index is 7.20. The summed E-state index contributed by atoms with van der Waals surface area (Å²) in [4.78, 5) is 5.18. The average molecular weight is 507 g/mol. The van der Waals surface area contributed by atoms with Crippen LogP contribution in [0.1, 0.15) is 51.3 Å². The van der Waals surface area contributed by atoms with Crippen LogP contribution in [0.25, 0.3) is 5.69 Å². The zero-order valence-corrected chi connectivity index (χ0v) is 23.0. The van der Waals surface area contributed by atoms with Crippen LogP contribution in [0.4, 0.5) is 5.82 Å². The highest BCUT2D eigenvalue weighted by Crippen LogP contribution is 2.58. The molecule has 7 heteroatoms. The van der Waals surface area contributed by atoms with Crippen molar-refractivity contribution in [3.05, 3.63) is 71.9 Å². The lowest BCUT2D eigenvalue weighted by Crippen LogP contribution is -2.40. The molecule has 2 aliphatic rings. The molecule has 5 rings (SSSR count). The zero-order valence-electron chi connectivity index (χ0n) is 21.3. The van der Waals surface area contributed by atoms with Crippen LogP contribution in [0.2, 0.25) is 0 Å². The van der Waals surface area contributed by atoms with Gasteiger partial charge in [0.25, 0.3) is 0 Å². The fourth-order valence-corrected chi connectivity index (χ4v) is 9.14. The Labute approximate surface area is 214 Å². The molecule has 184 valence electrons. The molecule has 0 saturated heterocycles. The number of aryl methyl sites for hydroxylation is 1. The summed E-state index contributed by atoms with van der Waals surface area (Å²) in [6, 6.07) is 20.5. The van der Waals surface area contributed by atoms with E-state index in [0.717, 1.165) is 40.3 Å². The molecule has 0 radical (unpaired) electrons. The van der Waals surface area contributed by atoms with Crippen molar-refractivity contribution in [2.24, 2.45) is 22.7 Å². The highest BCUT2D eigenvalue weighted by molar-refractivity contribution is 8.15. The van der Waals surface area contributed by atoms with Crippen molar-refractivity contribution in [1.29, 1.82) is 0 Å². The Morgan fingerprint density at radius 2 is 1.69 bits per heavy atom. The van der Waals surface area contributed by atoms with E-state index >= 15 is 0 Å². The number of aromatic nitrogens is 2. The van der Waals surface area contributed by atoms with E-state index in [9.17, 15) is 0 Å². The standard InChI is InChI=1S/C28H35N4OPS/c1-19(2)24-17-16-20(3)18-25(24)33-34(35)26-21(4)30-32(23-14-10-7-11-15-23)28(26)29-27(31(34)5)22-12-8-6-9-13-22/h6-15,19-20,24-25H,16-18H2,1-5H3. The summed E-state index contributed by atoms with van der Waals surface area (Å²) in [6.07, 6.45) is 0.961. The van der Waals surface area contributed by atoms with Crippen LogP contribution in [0.3, 0.4) is 0 Å². The summed E-state index contributed by atoms with van der Waals surface area (Å²) in [6.45, 7) is 9.02. The maximum Gasteiger partial charge on any atom is 0.192 e. The molecule has 4 unspecified atom stereocenters. The smallest absolute Gasteiger partial charge is 0.192 e. The Hall–Kier alpha value is -2.27. The largest absolute Gasteiger partial charge is 0.327 e. The fraction of sp³-hybridized carbons (Fsp3) is 0.429. The van der Waals surface area contributed by atoms with Crippen molar-refractivity contribution in [3.63, 3.8) is 0 Å². The van der Waals surface area contributed by atoms with Gasteiger partial charge in [0.05, 0.1) is 22.8 Å². The van der Waals surface area contributed by atoms with Crippen LogP contribution in [0, 0.1) is 24.7 Å². The lowest BCUT2D eigenvalue weighted by Gasteiger charge is -2.44. The van der Waals surface area contributed by atoms with E-state index in [1.165, 1.54) is 12.8 Å². The van der Waals surface area contributed by atoms with E-state index in [4.69, 9.17) is 26.4 Å². The van der Waals surface area contributed by atoms with Gasteiger partial charge in [-0.2, -0.15) is 5.10 Å². The minimum atomic E-state index is -2.67. The summed E-state index contributed by atoms with van der Waals surface area (Å²) >= 11 is 6.60. The molecule has 2 aromatic carbocycles. The van der Waals surface area contributed by atoms with E-state index in [1.807, 2.05) is 48.0 Å². The van der Waals surface area contributed by atoms with Crippen molar-refractivity contribution in [2.75, 3.05) is 7.05 Å². The average Bonchev–Trinajstić information content (AvgIpc) is 3.19. The second-order valence-electron chi connectivity index (χ2n) is 10.3. The van der Waals surface area contributed by atoms with Crippen LogP contribution < -0.4 is 5.30 Å². The summed E-state index contributed by atoms with van der Waals surface area (Å²) in [7, 11) is 2.06. The third-order valence-electron chi connectivity index (χ3n) is 7.47. The van der Waals surface area contributed by atoms with Gasteiger partial charge in [0, 0.05) is 12.6 Å². The van der Waals surface area contributed by atoms with Gasteiger partial charge in [-0.15, -0.1) is 0 Å². The first-order valence-electron chi connectivity index (χ1n) is 12.6. The minimum absolute atomic E-state index is 0.134. The van der Waals surface area contributed by atoms with Crippen LogP contribution in [0.5, 0.6) is 0 Å². The number of para-hydroxylation sites is 1. The van der Waals surface area contributed by atoms with Gasteiger partial charge in [-0.1, -0.05) is 75.7 Å². The molecule has 0 amide bonds. The first-order chi connectivity index (χ1) is 16.8. The normalized spacial score (nSPS) is 26.5. The van der Waals surface area contributed by atoms with E-state index in [0.29, 0.717) is 17.8 Å². The fourth-order valence-electron chi connectivity index (χ4n) is 5.52. The Balaban J connectivity index is 1.68. The molecule has 2 heterocycles. The van der Waals surface area contributed by atoms with Crippen LogP contribution in [0.15, 0.2) is 65.7 Å². The number of hydrogen-bond acceptors (Lipinski definition) is 4. The first kappa shape index (κ1) is 24.4. The van der Waals surface area contributed by atoms with Gasteiger partial charge in [-0.05, 0) is 61.5 Å². The molecule has 1 saturated carbocycles. The Bertz CT molecular complexity index is 1270. The molecular formula is C28H35N4OPS. The molecule has 1 aliphatic heterocycles.